The number of anilines is 1. The van der Waals surface area contributed by atoms with Gasteiger partial charge in [0.15, 0.2) is 5.82 Å². The van der Waals surface area contributed by atoms with Gasteiger partial charge >= 0.3 is 0 Å². The average molecular weight is 220 g/mol. The largest absolute Gasteiger partial charge is 0.358 e. The number of rotatable bonds is 6. The fourth-order valence-corrected chi connectivity index (χ4v) is 1.69. The van der Waals surface area contributed by atoms with Crippen molar-refractivity contribution >= 4 is 5.82 Å². The second-order valence-corrected chi connectivity index (χ2v) is 4.49. The second-order valence-electron chi connectivity index (χ2n) is 4.49. The van der Waals surface area contributed by atoms with Crippen LogP contribution in [0.3, 0.4) is 0 Å². The third-order valence-corrected chi connectivity index (χ3v) is 2.88. The van der Waals surface area contributed by atoms with Gasteiger partial charge in [-0.25, -0.2) is 0 Å². The molecule has 1 aromatic heterocycles. The van der Waals surface area contributed by atoms with Crippen LogP contribution in [-0.2, 0) is 6.54 Å². The standard InChI is InChI=1S/C12H20N4/c1-3-13-8-11-6-7-12(15-14-11)16(2)9-10-4-5-10/h6-7,10,13H,3-5,8-9H2,1-2H3. The highest BCUT2D eigenvalue weighted by molar-refractivity contribution is 5.36. The van der Waals surface area contributed by atoms with Crippen LogP contribution in [0.2, 0.25) is 0 Å². The zero-order valence-electron chi connectivity index (χ0n) is 10.1. The van der Waals surface area contributed by atoms with E-state index in [1.807, 2.05) is 6.07 Å². The Morgan fingerprint density at radius 3 is 2.75 bits per heavy atom. The predicted molar refractivity (Wildman–Crippen MR) is 65.4 cm³/mol. The van der Waals surface area contributed by atoms with Crippen molar-refractivity contribution in [2.75, 3.05) is 25.0 Å². The van der Waals surface area contributed by atoms with E-state index in [9.17, 15) is 0 Å². The van der Waals surface area contributed by atoms with Gasteiger partial charge in [-0.15, -0.1) is 5.10 Å². The molecule has 0 atom stereocenters. The third kappa shape index (κ3) is 3.17. The van der Waals surface area contributed by atoms with E-state index >= 15 is 0 Å². The summed E-state index contributed by atoms with van der Waals surface area (Å²) in [7, 11) is 2.09. The number of nitrogens with zero attached hydrogens (tertiary/aromatic N) is 3. The number of aromatic nitrogens is 2. The number of hydrogen-bond acceptors (Lipinski definition) is 4. The molecule has 1 N–H and O–H groups in total. The molecule has 0 spiro atoms. The lowest BCUT2D eigenvalue weighted by atomic mass is 10.3. The Morgan fingerprint density at radius 1 is 1.38 bits per heavy atom. The predicted octanol–water partition coefficient (Wildman–Crippen LogP) is 1.43. The van der Waals surface area contributed by atoms with Gasteiger partial charge in [-0.1, -0.05) is 6.92 Å². The fraction of sp³-hybridized carbons (Fsp3) is 0.667. The minimum absolute atomic E-state index is 0.802. The zero-order chi connectivity index (χ0) is 11.4. The summed E-state index contributed by atoms with van der Waals surface area (Å²) in [6.45, 7) is 4.97. The lowest BCUT2D eigenvalue weighted by Gasteiger charge is -2.16. The van der Waals surface area contributed by atoms with Crippen LogP contribution in [-0.4, -0.2) is 30.3 Å². The van der Waals surface area contributed by atoms with Gasteiger partial charge in [-0.3, -0.25) is 0 Å². The summed E-state index contributed by atoms with van der Waals surface area (Å²) in [4.78, 5) is 2.20. The average Bonchev–Trinajstić information content (AvgIpc) is 3.11. The lowest BCUT2D eigenvalue weighted by molar-refractivity contribution is 0.694. The van der Waals surface area contributed by atoms with Crippen molar-refractivity contribution in [3.63, 3.8) is 0 Å². The molecule has 0 radical (unpaired) electrons. The fourth-order valence-electron chi connectivity index (χ4n) is 1.69. The summed E-state index contributed by atoms with van der Waals surface area (Å²) in [5, 5.41) is 11.7. The SMILES string of the molecule is CCNCc1ccc(N(C)CC2CC2)nn1. The molecule has 1 aliphatic rings. The van der Waals surface area contributed by atoms with Crippen LogP contribution in [0.4, 0.5) is 5.82 Å². The van der Waals surface area contributed by atoms with Gasteiger partial charge in [0, 0.05) is 20.1 Å². The van der Waals surface area contributed by atoms with Gasteiger partial charge in [0.05, 0.1) is 5.69 Å². The van der Waals surface area contributed by atoms with Gasteiger partial charge in [0.1, 0.15) is 0 Å². The maximum atomic E-state index is 4.25. The first-order chi connectivity index (χ1) is 7.79. The molecule has 16 heavy (non-hydrogen) atoms. The summed E-state index contributed by atoms with van der Waals surface area (Å²) >= 11 is 0. The Hall–Kier alpha value is -1.16. The smallest absolute Gasteiger partial charge is 0.150 e. The van der Waals surface area contributed by atoms with Crippen molar-refractivity contribution in [2.24, 2.45) is 5.92 Å². The number of hydrogen-bond donors (Lipinski definition) is 1. The highest BCUT2D eigenvalue weighted by atomic mass is 15.2. The Labute approximate surface area is 97.1 Å². The third-order valence-electron chi connectivity index (χ3n) is 2.88. The lowest BCUT2D eigenvalue weighted by Crippen LogP contribution is -2.22. The van der Waals surface area contributed by atoms with Crippen LogP contribution in [0.15, 0.2) is 12.1 Å². The first-order valence-corrected chi connectivity index (χ1v) is 6.04. The summed E-state index contributed by atoms with van der Waals surface area (Å²) in [5.74, 6) is 1.86. The van der Waals surface area contributed by atoms with Gasteiger partial charge in [-0.2, -0.15) is 5.10 Å². The summed E-state index contributed by atoms with van der Waals surface area (Å²) < 4.78 is 0. The molecule has 1 aromatic rings. The zero-order valence-corrected chi connectivity index (χ0v) is 10.1. The molecule has 0 amide bonds. The van der Waals surface area contributed by atoms with Crippen LogP contribution in [0.5, 0.6) is 0 Å². The van der Waals surface area contributed by atoms with Crippen molar-refractivity contribution in [2.45, 2.75) is 26.3 Å². The Bertz CT molecular complexity index is 318. The molecule has 4 heteroatoms. The first-order valence-electron chi connectivity index (χ1n) is 6.04. The number of nitrogens with one attached hydrogen (secondary N) is 1. The molecule has 1 fully saturated rings. The maximum absolute atomic E-state index is 4.25. The molecule has 88 valence electrons. The van der Waals surface area contributed by atoms with E-state index in [4.69, 9.17) is 0 Å². The highest BCUT2D eigenvalue weighted by Crippen LogP contribution is 2.30. The first kappa shape index (κ1) is 11.3. The van der Waals surface area contributed by atoms with E-state index < -0.39 is 0 Å². The van der Waals surface area contributed by atoms with E-state index in [0.717, 1.165) is 37.1 Å². The summed E-state index contributed by atoms with van der Waals surface area (Å²) in [6.07, 6.45) is 2.74. The molecule has 4 nitrogen and oxygen atoms in total. The van der Waals surface area contributed by atoms with Gasteiger partial charge in [0.2, 0.25) is 0 Å². The molecular formula is C12H20N4. The highest BCUT2D eigenvalue weighted by Gasteiger charge is 2.23. The van der Waals surface area contributed by atoms with Crippen molar-refractivity contribution < 1.29 is 0 Å². The van der Waals surface area contributed by atoms with Crippen molar-refractivity contribution in [3.05, 3.63) is 17.8 Å². The molecule has 0 unspecified atom stereocenters. The molecule has 1 aliphatic carbocycles. The van der Waals surface area contributed by atoms with E-state index in [1.165, 1.54) is 12.8 Å². The Morgan fingerprint density at radius 2 is 2.19 bits per heavy atom. The quantitative estimate of drug-likeness (QED) is 0.787. The molecule has 0 saturated heterocycles. The van der Waals surface area contributed by atoms with E-state index in [-0.39, 0.29) is 0 Å². The normalized spacial score (nSPS) is 15.1. The van der Waals surface area contributed by atoms with Gasteiger partial charge in [0.25, 0.3) is 0 Å². The molecule has 0 bridgehead atoms. The topological polar surface area (TPSA) is 41.0 Å². The summed E-state index contributed by atoms with van der Waals surface area (Å²) in [5.41, 5.74) is 1.01. The molecule has 1 heterocycles. The van der Waals surface area contributed by atoms with Crippen molar-refractivity contribution in [1.29, 1.82) is 0 Å². The van der Waals surface area contributed by atoms with Gasteiger partial charge in [-0.05, 0) is 37.4 Å². The van der Waals surface area contributed by atoms with Crippen LogP contribution in [0.1, 0.15) is 25.5 Å². The van der Waals surface area contributed by atoms with E-state index in [1.54, 1.807) is 0 Å². The van der Waals surface area contributed by atoms with Crippen molar-refractivity contribution in [3.8, 4) is 0 Å². The molecule has 1 saturated carbocycles. The second kappa shape index (κ2) is 5.25. The van der Waals surface area contributed by atoms with E-state index in [0.29, 0.717) is 0 Å². The summed E-state index contributed by atoms with van der Waals surface area (Å²) in [6, 6.07) is 4.11. The van der Waals surface area contributed by atoms with Crippen LogP contribution < -0.4 is 10.2 Å². The molecule has 2 rings (SSSR count). The van der Waals surface area contributed by atoms with Crippen LogP contribution in [0.25, 0.3) is 0 Å². The monoisotopic (exact) mass is 220 g/mol. The molecule has 0 aromatic carbocycles. The minimum Gasteiger partial charge on any atom is -0.358 e. The van der Waals surface area contributed by atoms with Gasteiger partial charge < -0.3 is 10.2 Å². The van der Waals surface area contributed by atoms with Crippen molar-refractivity contribution in [1.82, 2.24) is 15.5 Å². The van der Waals surface area contributed by atoms with E-state index in [2.05, 4.69) is 40.5 Å². The molecular weight excluding hydrogens is 200 g/mol. The minimum atomic E-state index is 0.802. The van der Waals surface area contributed by atoms with Crippen LogP contribution in [0, 0.1) is 5.92 Å². The Kier molecular flexibility index (Phi) is 3.72. The molecule has 0 aliphatic heterocycles. The maximum Gasteiger partial charge on any atom is 0.150 e. The Balaban J connectivity index is 1.89. The van der Waals surface area contributed by atoms with Crippen LogP contribution >= 0.6 is 0 Å².